The standard InChI is InChI=1S/C15H22IN3O/c1-18(2)15(20)11-19-8-6-13(7-9-19)17-14-5-3-4-12(16)10-14/h3-5,10,13,17H,6-9,11H2,1-2H3. The van der Waals surface area contributed by atoms with Gasteiger partial charge in [0.05, 0.1) is 6.54 Å². The van der Waals surface area contributed by atoms with E-state index < -0.39 is 0 Å². The lowest BCUT2D eigenvalue weighted by Crippen LogP contribution is -2.43. The highest BCUT2D eigenvalue weighted by Crippen LogP contribution is 2.18. The molecule has 0 aromatic heterocycles. The third-order valence-electron chi connectivity index (χ3n) is 3.64. The molecular weight excluding hydrogens is 365 g/mol. The van der Waals surface area contributed by atoms with Crippen LogP contribution in [0, 0.1) is 3.57 Å². The Morgan fingerprint density at radius 2 is 2.10 bits per heavy atom. The number of halogens is 1. The van der Waals surface area contributed by atoms with Crippen molar-refractivity contribution in [2.75, 3.05) is 39.0 Å². The number of carbonyl (C=O) groups excluding carboxylic acids is 1. The first-order valence-electron chi connectivity index (χ1n) is 6.99. The molecule has 2 rings (SSSR count). The van der Waals surface area contributed by atoms with Gasteiger partial charge in [-0.1, -0.05) is 6.07 Å². The maximum atomic E-state index is 11.7. The van der Waals surface area contributed by atoms with Crippen LogP contribution in [0.15, 0.2) is 24.3 Å². The molecule has 1 saturated heterocycles. The van der Waals surface area contributed by atoms with Crippen molar-refractivity contribution in [2.45, 2.75) is 18.9 Å². The first-order valence-corrected chi connectivity index (χ1v) is 8.07. The number of nitrogens with zero attached hydrogens (tertiary/aromatic N) is 2. The Morgan fingerprint density at radius 3 is 2.70 bits per heavy atom. The maximum Gasteiger partial charge on any atom is 0.236 e. The zero-order chi connectivity index (χ0) is 14.5. The number of nitrogens with one attached hydrogen (secondary N) is 1. The second kappa shape index (κ2) is 7.26. The summed E-state index contributed by atoms with van der Waals surface area (Å²) >= 11 is 2.33. The molecule has 1 fully saturated rings. The van der Waals surface area contributed by atoms with Gasteiger partial charge in [-0.25, -0.2) is 0 Å². The van der Waals surface area contributed by atoms with Gasteiger partial charge in [-0.3, -0.25) is 9.69 Å². The van der Waals surface area contributed by atoms with E-state index in [0.717, 1.165) is 25.9 Å². The minimum absolute atomic E-state index is 0.189. The van der Waals surface area contributed by atoms with Gasteiger partial charge in [0, 0.05) is 42.5 Å². The summed E-state index contributed by atoms with van der Waals surface area (Å²) in [6.07, 6.45) is 2.18. The van der Waals surface area contributed by atoms with Gasteiger partial charge < -0.3 is 10.2 Å². The van der Waals surface area contributed by atoms with E-state index in [-0.39, 0.29) is 5.91 Å². The number of likely N-dealkylation sites (tertiary alicyclic amines) is 1. The fraction of sp³-hybridized carbons (Fsp3) is 0.533. The molecule has 0 saturated carbocycles. The number of rotatable bonds is 4. The van der Waals surface area contributed by atoms with Crippen molar-refractivity contribution < 1.29 is 4.79 Å². The number of hydrogen-bond donors (Lipinski definition) is 1. The Bertz CT molecular complexity index is 456. The smallest absolute Gasteiger partial charge is 0.236 e. The van der Waals surface area contributed by atoms with E-state index >= 15 is 0 Å². The van der Waals surface area contributed by atoms with Gasteiger partial charge in [-0.2, -0.15) is 0 Å². The van der Waals surface area contributed by atoms with Crippen molar-refractivity contribution in [3.8, 4) is 0 Å². The Hall–Kier alpha value is -0.820. The second-order valence-corrected chi connectivity index (χ2v) is 6.74. The van der Waals surface area contributed by atoms with E-state index in [9.17, 15) is 4.79 Å². The highest BCUT2D eigenvalue weighted by atomic mass is 127. The van der Waals surface area contributed by atoms with E-state index in [1.54, 1.807) is 4.90 Å². The van der Waals surface area contributed by atoms with Crippen LogP contribution < -0.4 is 5.32 Å². The van der Waals surface area contributed by atoms with Gasteiger partial charge in [0.15, 0.2) is 0 Å². The first-order chi connectivity index (χ1) is 9.54. The highest BCUT2D eigenvalue weighted by molar-refractivity contribution is 14.1. The molecule has 20 heavy (non-hydrogen) atoms. The summed E-state index contributed by atoms with van der Waals surface area (Å²) in [5, 5.41) is 3.59. The van der Waals surface area contributed by atoms with Crippen LogP contribution in [0.25, 0.3) is 0 Å². The lowest BCUT2D eigenvalue weighted by atomic mass is 10.0. The van der Waals surface area contributed by atoms with Crippen molar-refractivity contribution in [3.63, 3.8) is 0 Å². The fourth-order valence-electron chi connectivity index (χ4n) is 2.38. The maximum absolute atomic E-state index is 11.7. The van der Waals surface area contributed by atoms with Crippen LogP contribution >= 0.6 is 22.6 Å². The van der Waals surface area contributed by atoms with Crippen molar-refractivity contribution in [1.29, 1.82) is 0 Å². The van der Waals surface area contributed by atoms with Crippen LogP contribution in [0.4, 0.5) is 5.69 Å². The molecule has 1 aliphatic rings. The van der Waals surface area contributed by atoms with E-state index in [2.05, 4.69) is 57.1 Å². The molecule has 0 spiro atoms. The van der Waals surface area contributed by atoms with Crippen LogP contribution in [-0.4, -0.2) is 55.5 Å². The first kappa shape index (κ1) is 15.6. The molecule has 5 heteroatoms. The number of hydrogen-bond acceptors (Lipinski definition) is 3. The van der Waals surface area contributed by atoms with Crippen molar-refractivity contribution in [2.24, 2.45) is 0 Å². The van der Waals surface area contributed by atoms with Gasteiger partial charge in [-0.15, -0.1) is 0 Å². The summed E-state index contributed by atoms with van der Waals surface area (Å²) in [5.41, 5.74) is 1.19. The molecule has 0 atom stereocenters. The minimum Gasteiger partial charge on any atom is -0.382 e. The van der Waals surface area contributed by atoms with Gasteiger partial charge in [0.1, 0.15) is 0 Å². The summed E-state index contributed by atoms with van der Waals surface area (Å²) in [7, 11) is 3.63. The molecule has 0 aliphatic carbocycles. The van der Waals surface area contributed by atoms with E-state index in [1.807, 2.05) is 14.1 Å². The largest absolute Gasteiger partial charge is 0.382 e. The van der Waals surface area contributed by atoms with Gasteiger partial charge in [-0.05, 0) is 53.6 Å². The summed E-state index contributed by atoms with van der Waals surface area (Å²) in [5.74, 6) is 0.189. The summed E-state index contributed by atoms with van der Waals surface area (Å²) < 4.78 is 1.25. The number of piperidine rings is 1. The summed E-state index contributed by atoms with van der Waals surface area (Å²) in [4.78, 5) is 15.6. The quantitative estimate of drug-likeness (QED) is 0.806. The molecular formula is C15H22IN3O. The van der Waals surface area contributed by atoms with Crippen LogP contribution in [0.5, 0.6) is 0 Å². The molecule has 1 heterocycles. The zero-order valence-corrected chi connectivity index (χ0v) is 14.3. The molecule has 1 aromatic carbocycles. The van der Waals surface area contributed by atoms with Gasteiger partial charge in [0.2, 0.25) is 5.91 Å². The Balaban J connectivity index is 1.78. The minimum atomic E-state index is 0.189. The third-order valence-corrected chi connectivity index (χ3v) is 4.31. The van der Waals surface area contributed by atoms with E-state index in [0.29, 0.717) is 12.6 Å². The normalized spacial score (nSPS) is 16.9. The molecule has 0 unspecified atom stereocenters. The monoisotopic (exact) mass is 387 g/mol. The Labute approximate surface area is 134 Å². The second-order valence-electron chi connectivity index (χ2n) is 5.49. The lowest BCUT2D eigenvalue weighted by Gasteiger charge is -2.33. The average Bonchev–Trinajstić information content (AvgIpc) is 2.41. The summed E-state index contributed by atoms with van der Waals surface area (Å²) in [6.45, 7) is 2.52. The van der Waals surface area contributed by atoms with Crippen LogP contribution in [0.1, 0.15) is 12.8 Å². The van der Waals surface area contributed by atoms with Crippen LogP contribution in [0.2, 0.25) is 0 Å². The summed E-state index contributed by atoms with van der Waals surface area (Å²) in [6, 6.07) is 8.97. The molecule has 1 aliphatic heterocycles. The number of amides is 1. The highest BCUT2D eigenvalue weighted by Gasteiger charge is 2.21. The molecule has 4 nitrogen and oxygen atoms in total. The molecule has 0 bridgehead atoms. The van der Waals surface area contributed by atoms with Crippen molar-refractivity contribution in [1.82, 2.24) is 9.80 Å². The van der Waals surface area contributed by atoms with Gasteiger partial charge >= 0.3 is 0 Å². The zero-order valence-electron chi connectivity index (χ0n) is 12.1. The van der Waals surface area contributed by atoms with Crippen LogP contribution in [-0.2, 0) is 4.79 Å². The third kappa shape index (κ3) is 4.63. The predicted octanol–water partition coefficient (Wildman–Crippen LogP) is 2.26. The molecule has 0 radical (unpaired) electrons. The number of benzene rings is 1. The number of carbonyl (C=O) groups is 1. The average molecular weight is 387 g/mol. The lowest BCUT2D eigenvalue weighted by molar-refractivity contribution is -0.130. The van der Waals surface area contributed by atoms with Crippen LogP contribution in [0.3, 0.4) is 0 Å². The SMILES string of the molecule is CN(C)C(=O)CN1CCC(Nc2cccc(I)c2)CC1. The molecule has 110 valence electrons. The predicted molar refractivity (Wildman–Crippen MR) is 90.9 cm³/mol. The Morgan fingerprint density at radius 1 is 1.40 bits per heavy atom. The van der Waals surface area contributed by atoms with E-state index in [1.165, 1.54) is 9.26 Å². The van der Waals surface area contributed by atoms with Gasteiger partial charge in [0.25, 0.3) is 0 Å². The van der Waals surface area contributed by atoms with Crippen molar-refractivity contribution >= 4 is 34.2 Å². The number of anilines is 1. The topological polar surface area (TPSA) is 35.6 Å². The Kier molecular flexibility index (Phi) is 5.65. The molecule has 1 aromatic rings. The number of likely N-dealkylation sites (N-methyl/N-ethyl adjacent to an activating group) is 1. The van der Waals surface area contributed by atoms with Crippen molar-refractivity contribution in [3.05, 3.63) is 27.8 Å². The fourth-order valence-corrected chi connectivity index (χ4v) is 2.93. The molecule has 1 amide bonds. The van der Waals surface area contributed by atoms with E-state index in [4.69, 9.17) is 0 Å². The molecule has 1 N–H and O–H groups in total.